The van der Waals surface area contributed by atoms with E-state index in [0.717, 1.165) is 12.8 Å². The fraction of sp³-hybridized carbons (Fsp3) is 0.632. The number of amides is 2. The minimum absolute atomic E-state index is 0.121. The first-order chi connectivity index (χ1) is 14.0. The first kappa shape index (κ1) is 18.3. The second-order valence-electron chi connectivity index (χ2n) is 8.29. The molecule has 10 heteroatoms. The summed E-state index contributed by atoms with van der Waals surface area (Å²) in [4.78, 5) is 27.0. The number of rotatable bonds is 6. The largest absolute Gasteiger partial charge is 0.369 e. The molecule has 4 atom stereocenters. The highest BCUT2D eigenvalue weighted by atomic mass is 16.5. The van der Waals surface area contributed by atoms with E-state index in [4.69, 9.17) is 9.26 Å². The Labute approximate surface area is 167 Å². The molecule has 0 aromatic carbocycles. The van der Waals surface area contributed by atoms with Crippen molar-refractivity contribution in [2.24, 2.45) is 11.8 Å². The summed E-state index contributed by atoms with van der Waals surface area (Å²) in [6, 6.07) is 1.62. The van der Waals surface area contributed by atoms with Crippen LogP contribution in [0.2, 0.25) is 0 Å². The smallest absolute Gasteiger partial charge is 0.273 e. The van der Waals surface area contributed by atoms with E-state index in [9.17, 15) is 9.59 Å². The molecule has 10 nitrogen and oxygen atoms in total. The zero-order valence-electron chi connectivity index (χ0n) is 16.3. The number of carbonyl (C=O) groups is 2. The normalized spacial score (nSPS) is 30.0. The van der Waals surface area contributed by atoms with Crippen LogP contribution in [-0.2, 0) is 16.1 Å². The van der Waals surface area contributed by atoms with E-state index >= 15 is 0 Å². The molecule has 2 bridgehead atoms. The lowest BCUT2D eigenvalue weighted by molar-refractivity contribution is -0.132. The predicted octanol–water partition coefficient (Wildman–Crippen LogP) is 0.401. The van der Waals surface area contributed by atoms with Crippen LogP contribution in [0.15, 0.2) is 23.2 Å². The van der Waals surface area contributed by atoms with Gasteiger partial charge >= 0.3 is 0 Å². The lowest BCUT2D eigenvalue weighted by Crippen LogP contribution is -2.42. The number of aromatic nitrogens is 4. The van der Waals surface area contributed by atoms with E-state index < -0.39 is 0 Å². The average Bonchev–Trinajstić information content (AvgIpc) is 3.50. The maximum atomic E-state index is 12.7. The molecule has 0 aliphatic carbocycles. The molecule has 1 spiro atoms. The Hall–Kier alpha value is -2.75. The molecular formula is C19H24N6O4. The molecule has 154 valence electrons. The first-order valence-corrected chi connectivity index (χ1v) is 10.0. The van der Waals surface area contributed by atoms with Gasteiger partial charge in [0.25, 0.3) is 5.91 Å². The predicted molar refractivity (Wildman–Crippen MR) is 98.6 cm³/mol. The number of fused-ring (bicyclic) bond motifs is 1. The molecule has 5 heterocycles. The SMILES string of the molecule is Cc1cc(C(=O)NC[C@H]2[C@H]3CN(C(=O)CCn4cnnc4)C[C@]34CC[C@H]2O4)no1. The van der Waals surface area contributed by atoms with E-state index in [1.54, 1.807) is 30.2 Å². The molecule has 3 fully saturated rings. The number of aryl methyl sites for hydroxylation is 2. The molecule has 3 aliphatic rings. The Bertz CT molecular complexity index is 912. The highest BCUT2D eigenvalue weighted by molar-refractivity contribution is 5.92. The van der Waals surface area contributed by atoms with Crippen LogP contribution in [0.1, 0.15) is 35.5 Å². The Kier molecular flexibility index (Phi) is 4.38. The second-order valence-corrected chi connectivity index (χ2v) is 8.29. The van der Waals surface area contributed by atoms with Crippen LogP contribution in [0.3, 0.4) is 0 Å². The molecule has 0 unspecified atom stereocenters. The van der Waals surface area contributed by atoms with Gasteiger partial charge in [-0.15, -0.1) is 10.2 Å². The van der Waals surface area contributed by atoms with Crippen LogP contribution in [0.4, 0.5) is 0 Å². The number of ether oxygens (including phenoxy) is 1. The quantitative estimate of drug-likeness (QED) is 0.746. The van der Waals surface area contributed by atoms with E-state index in [2.05, 4.69) is 20.7 Å². The summed E-state index contributed by atoms with van der Waals surface area (Å²) in [6.45, 7) is 4.17. The Morgan fingerprint density at radius 1 is 1.34 bits per heavy atom. The summed E-state index contributed by atoms with van der Waals surface area (Å²) in [5.74, 6) is 0.943. The molecule has 2 aromatic rings. The van der Waals surface area contributed by atoms with Crippen molar-refractivity contribution in [3.8, 4) is 0 Å². The van der Waals surface area contributed by atoms with Gasteiger partial charge in [0.2, 0.25) is 5.91 Å². The zero-order valence-corrected chi connectivity index (χ0v) is 16.3. The summed E-state index contributed by atoms with van der Waals surface area (Å²) in [5, 5.41) is 14.3. The molecule has 0 saturated carbocycles. The third-order valence-electron chi connectivity index (χ3n) is 6.55. The van der Waals surface area contributed by atoms with Crippen molar-refractivity contribution in [1.82, 2.24) is 30.1 Å². The van der Waals surface area contributed by atoms with Crippen LogP contribution in [0.25, 0.3) is 0 Å². The highest BCUT2D eigenvalue weighted by Crippen LogP contribution is 2.54. The number of hydrogen-bond donors (Lipinski definition) is 1. The average molecular weight is 400 g/mol. The van der Waals surface area contributed by atoms with Crippen molar-refractivity contribution in [1.29, 1.82) is 0 Å². The maximum Gasteiger partial charge on any atom is 0.273 e. The molecule has 1 N–H and O–H groups in total. The molecule has 2 amide bonds. The Morgan fingerprint density at radius 3 is 2.93 bits per heavy atom. The molecule has 5 rings (SSSR count). The Balaban J connectivity index is 1.20. The van der Waals surface area contributed by atoms with Gasteiger partial charge in [-0.05, 0) is 19.8 Å². The van der Waals surface area contributed by atoms with Crippen LogP contribution >= 0.6 is 0 Å². The van der Waals surface area contributed by atoms with Crippen molar-refractivity contribution < 1.29 is 18.8 Å². The molecule has 2 aromatic heterocycles. The van der Waals surface area contributed by atoms with Gasteiger partial charge < -0.3 is 24.0 Å². The summed E-state index contributed by atoms with van der Waals surface area (Å²) in [7, 11) is 0. The van der Waals surface area contributed by atoms with Gasteiger partial charge in [0, 0.05) is 44.0 Å². The fourth-order valence-electron chi connectivity index (χ4n) is 5.15. The monoisotopic (exact) mass is 400 g/mol. The fourth-order valence-corrected chi connectivity index (χ4v) is 5.15. The third kappa shape index (κ3) is 3.21. The summed E-state index contributed by atoms with van der Waals surface area (Å²) in [5.41, 5.74) is 0.0371. The van der Waals surface area contributed by atoms with Gasteiger partial charge in [-0.1, -0.05) is 5.16 Å². The van der Waals surface area contributed by atoms with E-state index in [1.807, 2.05) is 4.90 Å². The Morgan fingerprint density at radius 2 is 2.17 bits per heavy atom. The van der Waals surface area contributed by atoms with E-state index in [1.165, 1.54) is 0 Å². The summed E-state index contributed by atoms with van der Waals surface area (Å²) < 4.78 is 13.1. The standard InChI is InChI=1S/C19H24N6O4/c1-12-6-15(23-29-12)18(27)20-7-13-14-8-25(9-19(14)4-2-16(13)28-19)17(26)3-5-24-10-21-22-11-24/h6,10-11,13-14,16H,2-5,7-9H2,1H3,(H,20,27)/t13-,14+,16+,19+/m0/s1. The van der Waals surface area contributed by atoms with Crippen LogP contribution in [-0.4, -0.2) is 68.0 Å². The molecular weight excluding hydrogens is 376 g/mol. The van der Waals surface area contributed by atoms with Crippen LogP contribution < -0.4 is 5.32 Å². The molecule has 0 radical (unpaired) electrons. The topological polar surface area (TPSA) is 115 Å². The molecule has 29 heavy (non-hydrogen) atoms. The molecule has 3 saturated heterocycles. The van der Waals surface area contributed by atoms with E-state index in [-0.39, 0.29) is 35.4 Å². The number of likely N-dealkylation sites (tertiary alicyclic amines) is 1. The van der Waals surface area contributed by atoms with Gasteiger partial charge in [0.1, 0.15) is 18.4 Å². The lowest BCUT2D eigenvalue weighted by atomic mass is 9.73. The van der Waals surface area contributed by atoms with E-state index in [0.29, 0.717) is 44.1 Å². The van der Waals surface area contributed by atoms with Gasteiger partial charge in [0.05, 0.1) is 18.2 Å². The van der Waals surface area contributed by atoms with Gasteiger partial charge in [-0.2, -0.15) is 0 Å². The minimum Gasteiger partial charge on any atom is -0.369 e. The minimum atomic E-state index is -0.253. The number of hydrogen-bond acceptors (Lipinski definition) is 7. The van der Waals surface area contributed by atoms with Crippen molar-refractivity contribution in [2.75, 3.05) is 19.6 Å². The lowest BCUT2D eigenvalue weighted by Gasteiger charge is -2.29. The third-order valence-corrected chi connectivity index (χ3v) is 6.55. The summed E-state index contributed by atoms with van der Waals surface area (Å²) in [6.07, 6.45) is 5.74. The van der Waals surface area contributed by atoms with Gasteiger partial charge in [0.15, 0.2) is 5.69 Å². The van der Waals surface area contributed by atoms with Gasteiger partial charge in [-0.25, -0.2) is 0 Å². The highest BCUT2D eigenvalue weighted by Gasteiger charge is 2.63. The van der Waals surface area contributed by atoms with Crippen LogP contribution in [0, 0.1) is 18.8 Å². The van der Waals surface area contributed by atoms with Crippen molar-refractivity contribution >= 4 is 11.8 Å². The summed E-state index contributed by atoms with van der Waals surface area (Å²) >= 11 is 0. The first-order valence-electron chi connectivity index (χ1n) is 10.0. The number of nitrogens with zero attached hydrogens (tertiary/aromatic N) is 5. The van der Waals surface area contributed by atoms with Crippen molar-refractivity contribution in [3.05, 3.63) is 30.2 Å². The number of carbonyl (C=O) groups excluding carboxylic acids is 2. The second kappa shape index (κ2) is 6.94. The maximum absolute atomic E-state index is 12.7. The number of nitrogens with one attached hydrogen (secondary N) is 1. The van der Waals surface area contributed by atoms with Crippen molar-refractivity contribution in [2.45, 2.75) is 44.4 Å². The van der Waals surface area contributed by atoms with Crippen LogP contribution in [0.5, 0.6) is 0 Å². The van der Waals surface area contributed by atoms with Crippen molar-refractivity contribution in [3.63, 3.8) is 0 Å². The molecule has 3 aliphatic heterocycles. The zero-order chi connectivity index (χ0) is 20.0. The van der Waals surface area contributed by atoms with Gasteiger partial charge in [-0.3, -0.25) is 9.59 Å².